The van der Waals surface area contributed by atoms with Gasteiger partial charge in [-0.15, -0.1) is 11.3 Å². The van der Waals surface area contributed by atoms with Crippen LogP contribution in [0, 0.1) is 0 Å². The van der Waals surface area contributed by atoms with E-state index < -0.39 is 6.04 Å². The Balaban J connectivity index is 1.47. The number of thiazole rings is 1. The fourth-order valence-corrected chi connectivity index (χ4v) is 4.00. The van der Waals surface area contributed by atoms with E-state index in [2.05, 4.69) is 15.6 Å². The minimum Gasteiger partial charge on any atom is -0.497 e. The van der Waals surface area contributed by atoms with E-state index in [1.807, 2.05) is 55.5 Å². The van der Waals surface area contributed by atoms with Gasteiger partial charge in [-0.05, 0) is 49.8 Å². The maximum Gasteiger partial charge on any atom is 0.244 e. The maximum atomic E-state index is 12.4. The number of aromatic nitrogens is 1. The van der Waals surface area contributed by atoms with Crippen molar-refractivity contribution in [3.8, 4) is 5.75 Å². The molecule has 2 N–H and O–H groups in total. The normalized spacial score (nSPS) is 13.2. The Kier molecular flexibility index (Phi) is 7.19. The Hall–Kier alpha value is -3.19. The van der Waals surface area contributed by atoms with E-state index in [1.165, 1.54) is 6.08 Å². The second kappa shape index (κ2) is 10.0. The van der Waals surface area contributed by atoms with Crippen molar-refractivity contribution in [2.24, 2.45) is 0 Å². The van der Waals surface area contributed by atoms with E-state index in [4.69, 9.17) is 4.74 Å². The van der Waals surface area contributed by atoms with Gasteiger partial charge in [0.15, 0.2) is 0 Å². The first kappa shape index (κ1) is 21.5. The maximum absolute atomic E-state index is 12.4. The van der Waals surface area contributed by atoms with Crippen LogP contribution in [-0.2, 0) is 16.0 Å². The summed E-state index contributed by atoms with van der Waals surface area (Å²) in [5.74, 6) is 0.198. The number of carbonyl (C=O) groups is 2. The van der Waals surface area contributed by atoms with Crippen LogP contribution in [0.1, 0.15) is 24.4 Å². The highest BCUT2D eigenvalue weighted by atomic mass is 32.1. The lowest BCUT2D eigenvalue weighted by Crippen LogP contribution is -2.47. The summed E-state index contributed by atoms with van der Waals surface area (Å²) in [5, 5.41) is 6.60. The number of fused-ring (bicyclic) bond motifs is 1. The zero-order valence-electron chi connectivity index (χ0n) is 17.2. The van der Waals surface area contributed by atoms with Gasteiger partial charge in [0, 0.05) is 18.5 Å². The number of benzene rings is 2. The highest BCUT2D eigenvalue weighted by Crippen LogP contribution is 2.22. The molecule has 0 fully saturated rings. The Bertz CT molecular complexity index is 1010. The first-order chi connectivity index (χ1) is 14.4. The Morgan fingerprint density at radius 3 is 2.53 bits per heavy atom. The number of rotatable bonds is 8. The third kappa shape index (κ3) is 5.90. The topological polar surface area (TPSA) is 80.3 Å². The van der Waals surface area contributed by atoms with Gasteiger partial charge >= 0.3 is 0 Å². The molecule has 7 heteroatoms. The van der Waals surface area contributed by atoms with Crippen molar-refractivity contribution in [1.82, 2.24) is 15.6 Å². The monoisotopic (exact) mass is 423 g/mol. The predicted octanol–water partition coefficient (Wildman–Crippen LogP) is 3.57. The van der Waals surface area contributed by atoms with Crippen LogP contribution in [0.25, 0.3) is 16.3 Å². The third-order valence-electron chi connectivity index (χ3n) is 4.50. The van der Waals surface area contributed by atoms with Gasteiger partial charge in [0.2, 0.25) is 11.8 Å². The number of hydrogen-bond donors (Lipinski definition) is 2. The highest BCUT2D eigenvalue weighted by Gasteiger charge is 2.17. The van der Waals surface area contributed by atoms with Gasteiger partial charge in [0.05, 0.1) is 22.3 Å². The van der Waals surface area contributed by atoms with Crippen molar-refractivity contribution in [1.29, 1.82) is 0 Å². The van der Waals surface area contributed by atoms with E-state index in [0.717, 1.165) is 26.5 Å². The average Bonchev–Trinajstić information content (AvgIpc) is 3.14. The summed E-state index contributed by atoms with van der Waals surface area (Å²) >= 11 is 1.63. The lowest BCUT2D eigenvalue weighted by molar-refractivity contribution is -0.127. The van der Waals surface area contributed by atoms with Gasteiger partial charge < -0.3 is 15.4 Å². The van der Waals surface area contributed by atoms with Gasteiger partial charge in [-0.3, -0.25) is 9.59 Å². The SMILES string of the molecule is COc1ccc(/C=C/C(=O)NC(C)C(=O)NC(C)Cc2nc3ccccc3s2)cc1. The van der Waals surface area contributed by atoms with E-state index in [1.54, 1.807) is 31.4 Å². The van der Waals surface area contributed by atoms with Gasteiger partial charge in [0.1, 0.15) is 11.8 Å². The number of nitrogens with one attached hydrogen (secondary N) is 2. The largest absolute Gasteiger partial charge is 0.497 e. The molecule has 1 aromatic heterocycles. The van der Waals surface area contributed by atoms with Crippen LogP contribution < -0.4 is 15.4 Å². The van der Waals surface area contributed by atoms with Crippen molar-refractivity contribution in [3.63, 3.8) is 0 Å². The van der Waals surface area contributed by atoms with Crippen molar-refractivity contribution < 1.29 is 14.3 Å². The quantitative estimate of drug-likeness (QED) is 0.543. The number of ether oxygens (including phenoxy) is 1. The molecular weight excluding hydrogens is 398 g/mol. The molecule has 0 aliphatic heterocycles. The van der Waals surface area contributed by atoms with Crippen LogP contribution in [0.2, 0.25) is 0 Å². The zero-order valence-corrected chi connectivity index (χ0v) is 18.0. The molecule has 2 atom stereocenters. The molecule has 3 aromatic rings. The Labute approximate surface area is 180 Å². The second-order valence-electron chi connectivity index (χ2n) is 7.03. The van der Waals surface area contributed by atoms with Crippen LogP contribution in [0.4, 0.5) is 0 Å². The fourth-order valence-electron chi connectivity index (χ4n) is 2.90. The summed E-state index contributed by atoms with van der Waals surface area (Å²) in [6, 6.07) is 14.6. The van der Waals surface area contributed by atoms with E-state index in [9.17, 15) is 9.59 Å². The van der Waals surface area contributed by atoms with Crippen molar-refractivity contribution in [2.45, 2.75) is 32.4 Å². The van der Waals surface area contributed by atoms with Gasteiger partial charge in [-0.25, -0.2) is 4.98 Å². The van der Waals surface area contributed by atoms with E-state index >= 15 is 0 Å². The number of carbonyl (C=O) groups excluding carboxylic acids is 2. The molecular formula is C23H25N3O3S. The summed E-state index contributed by atoms with van der Waals surface area (Å²) in [6.07, 6.45) is 3.74. The number of para-hydroxylation sites is 1. The Morgan fingerprint density at radius 1 is 1.10 bits per heavy atom. The summed E-state index contributed by atoms with van der Waals surface area (Å²) in [4.78, 5) is 29.1. The minimum atomic E-state index is -0.643. The lowest BCUT2D eigenvalue weighted by atomic mass is 10.2. The zero-order chi connectivity index (χ0) is 21.5. The molecule has 3 rings (SSSR count). The second-order valence-corrected chi connectivity index (χ2v) is 8.14. The van der Waals surface area contributed by atoms with Gasteiger partial charge in [-0.2, -0.15) is 0 Å². The van der Waals surface area contributed by atoms with Crippen LogP contribution in [0.15, 0.2) is 54.6 Å². The van der Waals surface area contributed by atoms with Crippen molar-refractivity contribution >= 4 is 39.4 Å². The molecule has 0 saturated heterocycles. The molecule has 0 radical (unpaired) electrons. The smallest absolute Gasteiger partial charge is 0.244 e. The van der Waals surface area contributed by atoms with Crippen molar-refractivity contribution in [3.05, 3.63) is 65.2 Å². The number of nitrogens with zero attached hydrogens (tertiary/aromatic N) is 1. The number of hydrogen-bond acceptors (Lipinski definition) is 5. The number of amides is 2. The molecule has 0 aliphatic carbocycles. The summed E-state index contributed by atoms with van der Waals surface area (Å²) < 4.78 is 6.24. The standard InChI is InChI=1S/C23H25N3O3S/c1-15(14-22-26-19-6-4-5-7-20(19)30-22)24-23(28)16(2)25-21(27)13-10-17-8-11-18(29-3)12-9-17/h4-13,15-16H,14H2,1-3H3,(H,24,28)(H,25,27)/b13-10+. The van der Waals surface area contributed by atoms with E-state index in [0.29, 0.717) is 6.42 Å². The lowest BCUT2D eigenvalue weighted by Gasteiger charge is -2.17. The molecule has 0 aliphatic rings. The fraction of sp³-hybridized carbons (Fsp3) is 0.261. The minimum absolute atomic E-state index is 0.0905. The van der Waals surface area contributed by atoms with Crippen LogP contribution in [-0.4, -0.2) is 36.0 Å². The van der Waals surface area contributed by atoms with Gasteiger partial charge in [0.25, 0.3) is 0 Å². The average molecular weight is 424 g/mol. The predicted molar refractivity (Wildman–Crippen MR) is 121 cm³/mol. The van der Waals surface area contributed by atoms with Crippen LogP contribution in [0.3, 0.4) is 0 Å². The van der Waals surface area contributed by atoms with Crippen LogP contribution >= 0.6 is 11.3 Å². The third-order valence-corrected chi connectivity index (χ3v) is 5.56. The van der Waals surface area contributed by atoms with E-state index in [-0.39, 0.29) is 17.9 Å². The molecule has 2 aromatic carbocycles. The molecule has 156 valence electrons. The number of methoxy groups -OCH3 is 1. The van der Waals surface area contributed by atoms with Crippen LogP contribution in [0.5, 0.6) is 5.75 Å². The molecule has 6 nitrogen and oxygen atoms in total. The summed E-state index contributed by atoms with van der Waals surface area (Å²) in [5.41, 5.74) is 1.84. The summed E-state index contributed by atoms with van der Waals surface area (Å²) in [6.45, 7) is 3.60. The first-order valence-electron chi connectivity index (χ1n) is 9.72. The molecule has 30 heavy (non-hydrogen) atoms. The molecule has 0 bridgehead atoms. The highest BCUT2D eigenvalue weighted by molar-refractivity contribution is 7.18. The molecule has 2 amide bonds. The first-order valence-corrected chi connectivity index (χ1v) is 10.5. The molecule has 2 unspecified atom stereocenters. The van der Waals surface area contributed by atoms with Crippen molar-refractivity contribution in [2.75, 3.05) is 7.11 Å². The van der Waals surface area contributed by atoms with Gasteiger partial charge in [-0.1, -0.05) is 24.3 Å². The summed E-state index contributed by atoms with van der Waals surface area (Å²) in [7, 11) is 1.60. The molecule has 0 saturated carbocycles. The Morgan fingerprint density at radius 2 is 1.83 bits per heavy atom. The molecule has 1 heterocycles. The molecule has 0 spiro atoms.